The summed E-state index contributed by atoms with van der Waals surface area (Å²) in [4.78, 5) is 22.9. The van der Waals surface area contributed by atoms with E-state index in [-0.39, 0.29) is 12.4 Å². The number of rotatable bonds is 6. The number of carbonyl (C=O) groups is 2. The molecular formula is C13H18N2O4. The third-order valence-corrected chi connectivity index (χ3v) is 2.43. The summed E-state index contributed by atoms with van der Waals surface area (Å²) in [6.45, 7) is 0.526. The molecule has 19 heavy (non-hydrogen) atoms. The predicted octanol–water partition coefficient (Wildman–Crippen LogP) is 0.609. The molecule has 0 unspecified atom stereocenters. The van der Waals surface area contributed by atoms with E-state index >= 15 is 0 Å². The first kappa shape index (κ1) is 15.0. The smallest absolute Gasteiger partial charge is 0.313 e. The molecule has 2 amide bonds. The molecule has 4 N–H and O–H groups in total. The molecule has 0 aliphatic rings. The van der Waals surface area contributed by atoms with Gasteiger partial charge in [0.2, 0.25) is 0 Å². The summed E-state index contributed by atoms with van der Waals surface area (Å²) >= 11 is 0. The van der Waals surface area contributed by atoms with Gasteiger partial charge in [-0.3, -0.25) is 9.59 Å². The van der Waals surface area contributed by atoms with Crippen LogP contribution in [0, 0.1) is 0 Å². The van der Waals surface area contributed by atoms with E-state index in [2.05, 4.69) is 10.6 Å². The van der Waals surface area contributed by atoms with E-state index in [0.29, 0.717) is 25.1 Å². The van der Waals surface area contributed by atoms with Gasteiger partial charge in [0.25, 0.3) is 0 Å². The van der Waals surface area contributed by atoms with E-state index in [4.69, 9.17) is 5.11 Å². The lowest BCUT2D eigenvalue weighted by molar-refractivity contribution is -0.136. The summed E-state index contributed by atoms with van der Waals surface area (Å²) in [5.41, 5.74) is 0.362. The van der Waals surface area contributed by atoms with Gasteiger partial charge in [-0.1, -0.05) is 6.07 Å². The number of phenolic OH excluding ortho intramolecular Hbond substituents is 1. The van der Waals surface area contributed by atoms with Gasteiger partial charge < -0.3 is 20.8 Å². The van der Waals surface area contributed by atoms with Crippen LogP contribution in [0.5, 0.6) is 5.75 Å². The van der Waals surface area contributed by atoms with Gasteiger partial charge in [0.1, 0.15) is 5.75 Å². The van der Waals surface area contributed by atoms with Crippen LogP contribution in [0.3, 0.4) is 0 Å². The van der Waals surface area contributed by atoms with Crippen LogP contribution in [0.2, 0.25) is 0 Å². The molecule has 0 aliphatic carbocycles. The Kier molecular flexibility index (Phi) is 6.38. The molecule has 0 bridgehead atoms. The number of hydrogen-bond donors (Lipinski definition) is 4. The van der Waals surface area contributed by atoms with Crippen molar-refractivity contribution in [2.24, 2.45) is 0 Å². The highest BCUT2D eigenvalue weighted by molar-refractivity contribution is 6.39. The minimum absolute atomic E-state index is 0.0159. The number of aliphatic hydroxyl groups excluding tert-OH is 1. The van der Waals surface area contributed by atoms with Crippen LogP contribution in [0.15, 0.2) is 24.3 Å². The van der Waals surface area contributed by atoms with E-state index in [1.165, 1.54) is 12.1 Å². The Bertz CT molecular complexity index is 434. The molecule has 0 fully saturated rings. The van der Waals surface area contributed by atoms with E-state index in [1.807, 2.05) is 0 Å². The van der Waals surface area contributed by atoms with Crippen LogP contribution in [-0.4, -0.2) is 35.2 Å². The summed E-state index contributed by atoms with van der Waals surface area (Å²) in [5.74, 6) is -1.47. The molecule has 0 saturated carbocycles. The summed E-state index contributed by atoms with van der Waals surface area (Å²) in [5, 5.41) is 22.7. The normalized spacial score (nSPS) is 9.95. The number of benzene rings is 1. The maximum atomic E-state index is 11.5. The van der Waals surface area contributed by atoms with Crippen molar-refractivity contribution < 1.29 is 19.8 Å². The van der Waals surface area contributed by atoms with Gasteiger partial charge in [-0.25, -0.2) is 0 Å². The second-order valence-corrected chi connectivity index (χ2v) is 4.04. The number of nitrogens with one attached hydrogen (secondary N) is 2. The van der Waals surface area contributed by atoms with Crippen molar-refractivity contribution in [3.63, 3.8) is 0 Å². The lowest BCUT2D eigenvalue weighted by atomic mass is 10.2. The maximum absolute atomic E-state index is 11.5. The van der Waals surface area contributed by atoms with Crippen molar-refractivity contribution in [1.29, 1.82) is 0 Å². The first-order valence-electron chi connectivity index (χ1n) is 6.12. The highest BCUT2D eigenvalue weighted by Crippen LogP contribution is 2.14. The number of aliphatic hydroxyl groups is 1. The Morgan fingerprint density at radius 1 is 1.11 bits per heavy atom. The van der Waals surface area contributed by atoms with E-state index in [9.17, 15) is 14.7 Å². The summed E-state index contributed by atoms with van der Waals surface area (Å²) < 4.78 is 0. The van der Waals surface area contributed by atoms with Crippen LogP contribution in [0.1, 0.15) is 19.3 Å². The topological polar surface area (TPSA) is 98.7 Å². The average molecular weight is 266 g/mol. The molecule has 6 heteroatoms. The molecule has 104 valence electrons. The van der Waals surface area contributed by atoms with E-state index in [1.54, 1.807) is 12.1 Å². The standard InChI is InChI=1S/C13H18N2O4/c16-8-3-1-2-7-14-12(18)13(19)15-10-5-4-6-11(17)9-10/h4-6,9,16-17H,1-3,7-8H2,(H,14,18)(H,15,19). The first-order chi connectivity index (χ1) is 9.13. The molecule has 6 nitrogen and oxygen atoms in total. The van der Waals surface area contributed by atoms with Crippen molar-refractivity contribution in [3.8, 4) is 5.75 Å². The number of unbranched alkanes of at least 4 members (excludes halogenated alkanes) is 2. The van der Waals surface area contributed by atoms with Crippen LogP contribution >= 0.6 is 0 Å². The zero-order valence-corrected chi connectivity index (χ0v) is 10.6. The molecular weight excluding hydrogens is 248 g/mol. The minimum atomic E-state index is -0.771. The monoisotopic (exact) mass is 266 g/mol. The van der Waals surface area contributed by atoms with Crippen LogP contribution < -0.4 is 10.6 Å². The second kappa shape index (κ2) is 8.10. The second-order valence-electron chi connectivity index (χ2n) is 4.04. The first-order valence-corrected chi connectivity index (χ1v) is 6.12. The fourth-order valence-electron chi connectivity index (χ4n) is 1.47. The molecule has 0 atom stereocenters. The van der Waals surface area contributed by atoms with Gasteiger partial charge >= 0.3 is 11.8 Å². The van der Waals surface area contributed by atoms with Crippen LogP contribution in [0.4, 0.5) is 5.69 Å². The lowest BCUT2D eigenvalue weighted by Crippen LogP contribution is -2.35. The highest BCUT2D eigenvalue weighted by Gasteiger charge is 2.12. The molecule has 0 heterocycles. The molecule has 1 aromatic rings. The molecule has 0 aromatic heterocycles. The van der Waals surface area contributed by atoms with E-state index < -0.39 is 11.8 Å². The third kappa shape index (κ3) is 5.87. The van der Waals surface area contributed by atoms with E-state index in [0.717, 1.165) is 6.42 Å². The van der Waals surface area contributed by atoms with Crippen molar-refractivity contribution in [2.75, 3.05) is 18.5 Å². The van der Waals surface area contributed by atoms with Gasteiger partial charge in [-0.2, -0.15) is 0 Å². The molecule has 0 aliphatic heterocycles. The Morgan fingerprint density at radius 3 is 2.58 bits per heavy atom. The quantitative estimate of drug-likeness (QED) is 0.448. The Labute approximate surface area is 111 Å². The predicted molar refractivity (Wildman–Crippen MR) is 70.7 cm³/mol. The Morgan fingerprint density at radius 2 is 1.89 bits per heavy atom. The fraction of sp³-hybridized carbons (Fsp3) is 0.385. The summed E-state index contributed by atoms with van der Waals surface area (Å²) in [6, 6.07) is 5.97. The SMILES string of the molecule is O=C(NCCCCCO)C(=O)Nc1cccc(O)c1. The number of phenols is 1. The summed E-state index contributed by atoms with van der Waals surface area (Å²) in [7, 11) is 0. The number of aromatic hydroxyl groups is 1. The van der Waals surface area contributed by atoms with Crippen molar-refractivity contribution in [3.05, 3.63) is 24.3 Å². The maximum Gasteiger partial charge on any atom is 0.313 e. The molecule has 1 rings (SSSR count). The Hall–Kier alpha value is -2.08. The highest BCUT2D eigenvalue weighted by atomic mass is 16.3. The number of amides is 2. The molecule has 0 radical (unpaired) electrons. The minimum Gasteiger partial charge on any atom is -0.508 e. The number of anilines is 1. The lowest BCUT2D eigenvalue weighted by Gasteiger charge is -2.06. The summed E-state index contributed by atoms with van der Waals surface area (Å²) in [6.07, 6.45) is 2.20. The van der Waals surface area contributed by atoms with Gasteiger partial charge in [0.15, 0.2) is 0 Å². The third-order valence-electron chi connectivity index (χ3n) is 2.43. The number of carbonyl (C=O) groups excluding carboxylic acids is 2. The largest absolute Gasteiger partial charge is 0.508 e. The van der Waals surface area contributed by atoms with Crippen LogP contribution in [-0.2, 0) is 9.59 Å². The number of hydrogen-bond acceptors (Lipinski definition) is 4. The van der Waals surface area contributed by atoms with Crippen molar-refractivity contribution >= 4 is 17.5 Å². The zero-order chi connectivity index (χ0) is 14.1. The zero-order valence-electron chi connectivity index (χ0n) is 10.6. The van der Waals surface area contributed by atoms with Crippen molar-refractivity contribution in [2.45, 2.75) is 19.3 Å². The van der Waals surface area contributed by atoms with Crippen LogP contribution in [0.25, 0.3) is 0 Å². The average Bonchev–Trinajstić information content (AvgIpc) is 2.38. The molecule has 0 spiro atoms. The Balaban J connectivity index is 2.31. The fourth-order valence-corrected chi connectivity index (χ4v) is 1.47. The van der Waals surface area contributed by atoms with Gasteiger partial charge in [0.05, 0.1) is 0 Å². The molecule has 0 saturated heterocycles. The van der Waals surface area contributed by atoms with Crippen molar-refractivity contribution in [1.82, 2.24) is 5.32 Å². The van der Waals surface area contributed by atoms with Gasteiger partial charge in [-0.15, -0.1) is 0 Å². The van der Waals surface area contributed by atoms with Gasteiger partial charge in [-0.05, 0) is 31.4 Å². The molecule has 1 aromatic carbocycles. The van der Waals surface area contributed by atoms with Gasteiger partial charge in [0, 0.05) is 24.9 Å².